The average molecular weight is 302 g/mol. The van der Waals surface area contributed by atoms with Gasteiger partial charge in [-0.05, 0) is 19.2 Å². The Kier molecular flexibility index (Phi) is 6.02. The van der Waals surface area contributed by atoms with Crippen molar-refractivity contribution >= 4 is 15.9 Å². The van der Waals surface area contributed by atoms with E-state index < -0.39 is 10.0 Å². The molecule has 0 aliphatic heterocycles. The summed E-state index contributed by atoms with van der Waals surface area (Å²) in [6.07, 6.45) is 1.21. The van der Waals surface area contributed by atoms with E-state index in [2.05, 4.69) is 15.1 Å². The molecule has 20 heavy (non-hydrogen) atoms. The van der Waals surface area contributed by atoms with Gasteiger partial charge in [0.2, 0.25) is 0 Å². The fourth-order valence-corrected chi connectivity index (χ4v) is 1.95. The predicted octanol–water partition coefficient (Wildman–Crippen LogP) is -0.787. The minimum atomic E-state index is -3.60. The number of likely N-dealkylation sites (N-methyl/N-ethyl adjacent to an activating group) is 1. The summed E-state index contributed by atoms with van der Waals surface area (Å²) in [5, 5.41) is 1.44. The average Bonchev–Trinajstić information content (AvgIpc) is 2.45. The van der Waals surface area contributed by atoms with E-state index in [0.717, 1.165) is 0 Å². The van der Waals surface area contributed by atoms with Gasteiger partial charge in [0.05, 0.1) is 12.2 Å². The summed E-state index contributed by atoms with van der Waals surface area (Å²) in [6.45, 7) is 1.01. The first-order valence-electron chi connectivity index (χ1n) is 5.81. The van der Waals surface area contributed by atoms with Gasteiger partial charge >= 0.3 is 0 Å². The van der Waals surface area contributed by atoms with Crippen molar-refractivity contribution in [1.29, 1.82) is 0 Å². The molecule has 1 amide bonds. The molecule has 0 radical (unpaired) electrons. The highest BCUT2D eigenvalue weighted by atomic mass is 32.2. The summed E-state index contributed by atoms with van der Waals surface area (Å²) in [5.41, 5.74) is 2.88. The van der Waals surface area contributed by atoms with E-state index in [9.17, 15) is 13.2 Å². The molecule has 2 N–H and O–H groups in total. The van der Waals surface area contributed by atoms with Gasteiger partial charge in [0, 0.05) is 26.9 Å². The number of hydrogen-bond donors (Lipinski definition) is 2. The molecular formula is C11H18N4O4S. The number of carbonyl (C=O) groups is 1. The summed E-state index contributed by atoms with van der Waals surface area (Å²) < 4.78 is 30.0. The first-order valence-corrected chi connectivity index (χ1v) is 7.29. The Morgan fingerprint density at radius 3 is 2.65 bits per heavy atom. The number of hydrazine groups is 1. The van der Waals surface area contributed by atoms with Crippen molar-refractivity contribution in [2.24, 2.45) is 0 Å². The van der Waals surface area contributed by atoms with Crippen molar-refractivity contribution in [3.8, 4) is 0 Å². The second kappa shape index (κ2) is 7.29. The Morgan fingerprint density at radius 1 is 1.45 bits per heavy atom. The maximum atomic E-state index is 11.9. The summed E-state index contributed by atoms with van der Waals surface area (Å²) >= 11 is 0. The van der Waals surface area contributed by atoms with Crippen LogP contribution in [0.3, 0.4) is 0 Å². The fraction of sp³-hybridized carbons (Fsp3) is 0.455. The fourth-order valence-electron chi connectivity index (χ4n) is 1.30. The highest BCUT2D eigenvalue weighted by molar-refractivity contribution is 7.89. The predicted molar refractivity (Wildman–Crippen MR) is 72.5 cm³/mol. The number of methoxy groups -OCH3 is 1. The van der Waals surface area contributed by atoms with Crippen molar-refractivity contribution in [3.05, 3.63) is 23.9 Å². The van der Waals surface area contributed by atoms with E-state index in [1.807, 2.05) is 0 Å². The van der Waals surface area contributed by atoms with E-state index in [-0.39, 0.29) is 16.5 Å². The lowest BCUT2D eigenvalue weighted by atomic mass is 10.3. The highest BCUT2D eigenvalue weighted by Crippen LogP contribution is 2.06. The maximum Gasteiger partial charge on any atom is 0.267 e. The van der Waals surface area contributed by atoms with Crippen molar-refractivity contribution in [1.82, 2.24) is 20.1 Å². The summed E-state index contributed by atoms with van der Waals surface area (Å²) in [6, 6.07) is 2.67. The number of carbonyl (C=O) groups excluding carboxylic acids is 1. The Balaban J connectivity index is 2.71. The van der Waals surface area contributed by atoms with E-state index >= 15 is 0 Å². The normalized spacial score (nSPS) is 11.6. The van der Waals surface area contributed by atoms with Gasteiger partial charge in [0.15, 0.2) is 5.03 Å². The van der Waals surface area contributed by atoms with Crippen molar-refractivity contribution in [2.45, 2.75) is 5.03 Å². The van der Waals surface area contributed by atoms with Crippen LogP contribution in [0.15, 0.2) is 23.4 Å². The second-order valence-corrected chi connectivity index (χ2v) is 5.78. The van der Waals surface area contributed by atoms with Crippen LogP contribution in [0.4, 0.5) is 0 Å². The molecule has 0 aliphatic carbocycles. The first-order chi connectivity index (χ1) is 9.40. The van der Waals surface area contributed by atoms with Crippen LogP contribution in [0.25, 0.3) is 0 Å². The lowest BCUT2D eigenvalue weighted by Gasteiger charge is -2.17. The number of nitrogens with zero attached hydrogens (tertiary/aromatic N) is 2. The number of sulfonamides is 1. The molecule has 0 bridgehead atoms. The number of rotatable bonds is 7. The van der Waals surface area contributed by atoms with E-state index in [1.165, 1.54) is 25.4 Å². The lowest BCUT2D eigenvalue weighted by molar-refractivity contribution is 0.0775. The minimum Gasteiger partial charge on any atom is -0.383 e. The largest absolute Gasteiger partial charge is 0.383 e. The molecule has 1 aromatic heterocycles. The monoisotopic (exact) mass is 302 g/mol. The third-order valence-electron chi connectivity index (χ3n) is 2.47. The molecule has 112 valence electrons. The number of pyridine rings is 1. The lowest BCUT2D eigenvalue weighted by Crippen LogP contribution is -2.41. The molecule has 1 aromatic rings. The third-order valence-corrected chi connectivity index (χ3v) is 3.80. The first kappa shape index (κ1) is 16.5. The molecule has 0 atom stereocenters. The Hall–Kier alpha value is -1.55. The molecular weight excluding hydrogens is 284 g/mol. The number of hydrogen-bond acceptors (Lipinski definition) is 6. The smallest absolute Gasteiger partial charge is 0.267 e. The van der Waals surface area contributed by atoms with Gasteiger partial charge in [0.25, 0.3) is 15.9 Å². The highest BCUT2D eigenvalue weighted by Gasteiger charge is 2.14. The van der Waals surface area contributed by atoms with Crippen LogP contribution in [0, 0.1) is 0 Å². The molecule has 8 nitrogen and oxygen atoms in total. The third kappa shape index (κ3) is 4.53. The zero-order valence-electron chi connectivity index (χ0n) is 11.6. The van der Waals surface area contributed by atoms with Gasteiger partial charge in [-0.15, -0.1) is 0 Å². The van der Waals surface area contributed by atoms with Crippen LogP contribution < -0.4 is 10.1 Å². The SMILES string of the molecule is CNS(=O)(=O)c1ccc(C(=O)NN(C)CCOC)cn1. The van der Waals surface area contributed by atoms with Crippen molar-refractivity contribution in [2.75, 3.05) is 34.4 Å². The molecule has 0 unspecified atom stereocenters. The zero-order chi connectivity index (χ0) is 15.2. The van der Waals surface area contributed by atoms with Crippen LogP contribution in [-0.2, 0) is 14.8 Å². The molecule has 1 heterocycles. The van der Waals surface area contributed by atoms with Crippen molar-refractivity contribution in [3.63, 3.8) is 0 Å². The van der Waals surface area contributed by atoms with Crippen LogP contribution in [-0.4, -0.2) is 58.7 Å². The van der Waals surface area contributed by atoms with Gasteiger partial charge < -0.3 is 4.74 Å². The molecule has 0 aromatic carbocycles. The number of amides is 1. The molecule has 9 heteroatoms. The molecule has 0 saturated heterocycles. The molecule has 0 saturated carbocycles. The van der Waals surface area contributed by atoms with Gasteiger partial charge in [-0.2, -0.15) is 0 Å². The Labute approximate surface area is 118 Å². The number of nitrogens with one attached hydrogen (secondary N) is 2. The maximum absolute atomic E-state index is 11.9. The Bertz CT molecular complexity index is 544. The van der Waals surface area contributed by atoms with E-state index in [4.69, 9.17) is 4.74 Å². The number of aromatic nitrogens is 1. The zero-order valence-corrected chi connectivity index (χ0v) is 12.4. The van der Waals surface area contributed by atoms with Gasteiger partial charge in [-0.25, -0.2) is 23.1 Å². The van der Waals surface area contributed by atoms with Crippen LogP contribution in [0.5, 0.6) is 0 Å². The molecule has 0 aliphatic rings. The topological polar surface area (TPSA) is 101 Å². The standard InChI is InChI=1S/C11H18N4O4S/c1-12-20(17,18)10-5-4-9(8-13-10)11(16)14-15(2)6-7-19-3/h4-5,8,12H,6-7H2,1-3H3,(H,14,16). The van der Waals surface area contributed by atoms with Crippen LogP contribution >= 0.6 is 0 Å². The molecule has 0 fully saturated rings. The van der Waals surface area contributed by atoms with E-state index in [1.54, 1.807) is 19.2 Å². The minimum absolute atomic E-state index is 0.135. The summed E-state index contributed by atoms with van der Waals surface area (Å²) in [5.74, 6) is -0.371. The van der Waals surface area contributed by atoms with Gasteiger partial charge in [-0.1, -0.05) is 0 Å². The quantitative estimate of drug-likeness (QED) is 0.640. The summed E-state index contributed by atoms with van der Waals surface area (Å²) in [4.78, 5) is 15.6. The second-order valence-electron chi connectivity index (χ2n) is 3.95. The molecule has 1 rings (SSSR count). The van der Waals surface area contributed by atoms with Crippen LogP contribution in [0.1, 0.15) is 10.4 Å². The Morgan fingerprint density at radius 2 is 2.15 bits per heavy atom. The summed E-state index contributed by atoms with van der Waals surface area (Å²) in [7, 11) is 0.967. The van der Waals surface area contributed by atoms with Crippen LogP contribution in [0.2, 0.25) is 0 Å². The number of ether oxygens (including phenoxy) is 1. The van der Waals surface area contributed by atoms with Gasteiger partial charge in [-0.3, -0.25) is 10.2 Å². The van der Waals surface area contributed by atoms with Gasteiger partial charge in [0.1, 0.15) is 0 Å². The molecule has 0 spiro atoms. The van der Waals surface area contributed by atoms with Crippen molar-refractivity contribution < 1.29 is 17.9 Å². The van der Waals surface area contributed by atoms with E-state index in [0.29, 0.717) is 13.2 Å².